The minimum absolute atomic E-state index is 0.315. The van der Waals surface area contributed by atoms with Crippen molar-refractivity contribution in [2.24, 2.45) is 0 Å². The van der Waals surface area contributed by atoms with Gasteiger partial charge in [-0.3, -0.25) is 9.69 Å². The lowest BCUT2D eigenvalue weighted by molar-refractivity contribution is -0.124. The number of hydrogen-bond donors (Lipinski definition) is 2. The minimum Gasteiger partial charge on any atom is -0.351 e. The summed E-state index contributed by atoms with van der Waals surface area (Å²) in [5.74, 6) is -0.381. The van der Waals surface area contributed by atoms with Crippen LogP contribution in [0.1, 0.15) is 37.8 Å². The first-order chi connectivity index (χ1) is 12.2. The summed E-state index contributed by atoms with van der Waals surface area (Å²) in [5.41, 5.74) is 2.16. The zero-order chi connectivity index (χ0) is 19.4. The number of carbonyl (C=O) groups is 1. The van der Waals surface area contributed by atoms with Crippen molar-refractivity contribution >= 4 is 15.7 Å². The summed E-state index contributed by atoms with van der Waals surface area (Å²) in [7, 11) is -1.43. The van der Waals surface area contributed by atoms with Crippen LogP contribution < -0.4 is 10.6 Å². The normalized spacial score (nSPS) is 17.5. The molecule has 0 unspecified atom stereocenters. The third-order valence-corrected chi connectivity index (χ3v) is 7.41. The largest absolute Gasteiger partial charge is 0.351 e. The minimum atomic E-state index is -3.49. The second-order valence-electron chi connectivity index (χ2n) is 7.48. The van der Waals surface area contributed by atoms with E-state index in [1.54, 1.807) is 0 Å². The molecule has 1 aliphatic rings. The second-order valence-corrected chi connectivity index (χ2v) is 9.80. The Hall–Kier alpha value is -1.44. The Balaban J connectivity index is 2.14. The number of nitrogens with zero attached hydrogens (tertiary/aromatic N) is 1. The molecule has 0 aliphatic carbocycles. The average Bonchev–Trinajstić information content (AvgIpc) is 2.60. The lowest BCUT2D eigenvalue weighted by atomic mass is 9.95. The Morgan fingerprint density at radius 3 is 2.35 bits per heavy atom. The predicted octanol–water partition coefficient (Wildman–Crippen LogP) is 1.31. The van der Waals surface area contributed by atoms with Gasteiger partial charge >= 0.3 is 0 Å². The number of piperidine rings is 1. The maximum absolute atomic E-state index is 12.9. The zero-order valence-electron chi connectivity index (χ0n) is 16.2. The molecule has 2 N–H and O–H groups in total. The quantitative estimate of drug-likeness (QED) is 0.745. The fourth-order valence-corrected chi connectivity index (χ4v) is 4.62. The molecule has 0 radical (unpaired) electrons. The molecule has 1 aromatic rings. The molecule has 1 saturated heterocycles. The molecule has 1 amide bonds. The van der Waals surface area contributed by atoms with E-state index in [9.17, 15) is 13.2 Å². The van der Waals surface area contributed by atoms with Crippen molar-refractivity contribution in [3.05, 3.63) is 35.4 Å². The highest BCUT2D eigenvalue weighted by molar-refractivity contribution is 7.92. The number of rotatable bonds is 7. The van der Waals surface area contributed by atoms with Gasteiger partial charge in [0.1, 0.15) is 0 Å². The highest BCUT2D eigenvalue weighted by Gasteiger charge is 2.48. The van der Waals surface area contributed by atoms with E-state index in [1.807, 2.05) is 18.2 Å². The number of nitrogens with one attached hydrogen (secondary N) is 2. The fourth-order valence-electron chi connectivity index (χ4n) is 3.27. The smallest absolute Gasteiger partial charge is 0.241 e. The Morgan fingerprint density at radius 2 is 1.81 bits per heavy atom. The van der Waals surface area contributed by atoms with Gasteiger partial charge in [-0.15, -0.1) is 0 Å². The van der Waals surface area contributed by atoms with Crippen LogP contribution in [-0.2, 0) is 27.7 Å². The van der Waals surface area contributed by atoms with Crippen LogP contribution in [0.25, 0.3) is 0 Å². The molecule has 0 bridgehead atoms. The molecule has 2 rings (SSSR count). The van der Waals surface area contributed by atoms with Crippen molar-refractivity contribution in [1.82, 2.24) is 15.5 Å². The molecule has 1 aromatic carbocycles. The molecule has 0 atom stereocenters. The molecule has 26 heavy (non-hydrogen) atoms. The first-order valence-electron chi connectivity index (χ1n) is 9.13. The van der Waals surface area contributed by atoms with Gasteiger partial charge in [0, 0.05) is 25.4 Å². The van der Waals surface area contributed by atoms with Crippen LogP contribution in [0, 0.1) is 0 Å². The fraction of sp³-hybridized carbons (Fsp3) is 0.632. The molecule has 1 fully saturated rings. The molecular formula is C19H31N3O3S. The number of hydrogen-bond acceptors (Lipinski definition) is 5. The van der Waals surface area contributed by atoms with Crippen molar-refractivity contribution in [2.75, 3.05) is 26.4 Å². The predicted molar refractivity (Wildman–Crippen MR) is 105 cm³/mol. The van der Waals surface area contributed by atoms with Crippen LogP contribution in [0.15, 0.2) is 24.3 Å². The summed E-state index contributed by atoms with van der Waals surface area (Å²) in [6.45, 7) is 6.47. The van der Waals surface area contributed by atoms with Crippen LogP contribution in [0.4, 0.5) is 0 Å². The van der Waals surface area contributed by atoms with E-state index in [0.717, 1.165) is 17.7 Å². The number of sulfone groups is 1. The Labute approximate surface area is 157 Å². The van der Waals surface area contributed by atoms with Crippen molar-refractivity contribution in [3.8, 4) is 0 Å². The Morgan fingerprint density at radius 1 is 1.23 bits per heavy atom. The third-order valence-electron chi connectivity index (χ3n) is 5.39. The van der Waals surface area contributed by atoms with Gasteiger partial charge in [0.05, 0.1) is 0 Å². The molecule has 6 nitrogen and oxygen atoms in total. The summed E-state index contributed by atoms with van der Waals surface area (Å²) < 4.78 is 23.4. The Bertz CT molecular complexity index is 725. The van der Waals surface area contributed by atoms with Gasteiger partial charge in [-0.2, -0.15) is 0 Å². The molecule has 0 aromatic heterocycles. The maximum atomic E-state index is 12.9. The van der Waals surface area contributed by atoms with Gasteiger partial charge in [-0.05, 0) is 58.0 Å². The lowest BCUT2D eigenvalue weighted by Gasteiger charge is -2.34. The van der Waals surface area contributed by atoms with E-state index in [-0.39, 0.29) is 5.91 Å². The van der Waals surface area contributed by atoms with Gasteiger partial charge in [-0.25, -0.2) is 8.42 Å². The number of amides is 1. The molecule has 0 spiro atoms. The second kappa shape index (κ2) is 8.50. The first kappa shape index (κ1) is 20.9. The standard InChI is InChI=1S/C19H31N3O3S/c1-15(2)22(3)14-17-8-6-5-7-16(17)13-21-18(23)19(26(4,24)25)9-11-20-12-10-19/h5-8,15,20H,9-14H2,1-4H3,(H,21,23). The van der Waals surface area contributed by atoms with Gasteiger partial charge in [0.25, 0.3) is 0 Å². The average molecular weight is 382 g/mol. The molecule has 7 heteroatoms. The van der Waals surface area contributed by atoms with Gasteiger partial charge < -0.3 is 10.6 Å². The molecule has 146 valence electrons. The highest BCUT2D eigenvalue weighted by atomic mass is 32.2. The van der Waals surface area contributed by atoms with Gasteiger partial charge in [-0.1, -0.05) is 24.3 Å². The highest BCUT2D eigenvalue weighted by Crippen LogP contribution is 2.28. The Kier molecular flexibility index (Phi) is 6.82. The van der Waals surface area contributed by atoms with Crippen LogP contribution in [0.3, 0.4) is 0 Å². The monoisotopic (exact) mass is 381 g/mol. The number of carbonyl (C=O) groups excluding carboxylic acids is 1. The summed E-state index contributed by atoms with van der Waals surface area (Å²) in [4.78, 5) is 15.1. The SMILES string of the molecule is CC(C)N(C)Cc1ccccc1CNC(=O)C1(S(C)(=O)=O)CCNCC1. The summed E-state index contributed by atoms with van der Waals surface area (Å²) in [5, 5.41) is 6.03. The van der Waals surface area contributed by atoms with Crippen LogP contribution in [0.2, 0.25) is 0 Å². The first-order valence-corrected chi connectivity index (χ1v) is 11.0. The van der Waals surface area contributed by atoms with Crippen molar-refractivity contribution in [2.45, 2.75) is 50.6 Å². The lowest BCUT2D eigenvalue weighted by Crippen LogP contribution is -2.57. The summed E-state index contributed by atoms with van der Waals surface area (Å²) in [6, 6.07) is 8.38. The maximum Gasteiger partial charge on any atom is 0.241 e. The van der Waals surface area contributed by atoms with Crippen molar-refractivity contribution in [3.63, 3.8) is 0 Å². The molecule has 1 heterocycles. The van der Waals surface area contributed by atoms with E-state index in [1.165, 1.54) is 6.26 Å². The molecular weight excluding hydrogens is 350 g/mol. The topological polar surface area (TPSA) is 78.5 Å². The van der Waals surface area contributed by atoms with Crippen molar-refractivity contribution in [1.29, 1.82) is 0 Å². The van der Waals surface area contributed by atoms with Crippen LogP contribution in [-0.4, -0.2) is 56.4 Å². The molecule has 0 saturated carbocycles. The van der Waals surface area contributed by atoms with E-state index in [4.69, 9.17) is 0 Å². The van der Waals surface area contributed by atoms with E-state index >= 15 is 0 Å². The molecule has 1 aliphatic heterocycles. The summed E-state index contributed by atoms with van der Waals surface area (Å²) in [6.07, 6.45) is 1.80. The van der Waals surface area contributed by atoms with Crippen LogP contribution >= 0.6 is 0 Å². The van der Waals surface area contributed by atoms with Gasteiger partial charge in [0.2, 0.25) is 5.91 Å². The zero-order valence-corrected chi connectivity index (χ0v) is 17.0. The number of benzene rings is 1. The van der Waals surface area contributed by atoms with Crippen molar-refractivity contribution < 1.29 is 13.2 Å². The van der Waals surface area contributed by atoms with E-state index in [2.05, 4.69) is 42.5 Å². The van der Waals surface area contributed by atoms with E-state index < -0.39 is 14.6 Å². The van der Waals surface area contributed by atoms with E-state index in [0.29, 0.717) is 38.5 Å². The third kappa shape index (κ3) is 4.64. The summed E-state index contributed by atoms with van der Waals surface area (Å²) >= 11 is 0. The van der Waals surface area contributed by atoms with Crippen LogP contribution in [0.5, 0.6) is 0 Å². The van der Waals surface area contributed by atoms with Gasteiger partial charge in [0.15, 0.2) is 14.6 Å².